The summed E-state index contributed by atoms with van der Waals surface area (Å²) in [5, 5.41) is 0. The molecule has 0 aromatic heterocycles. The van der Waals surface area contributed by atoms with Crippen molar-refractivity contribution in [2.75, 3.05) is 32.7 Å². The Morgan fingerprint density at radius 3 is 2.38 bits per heavy atom. The topological polar surface area (TPSA) is 6.48 Å². The van der Waals surface area contributed by atoms with Crippen molar-refractivity contribution in [3.05, 3.63) is 23.8 Å². The maximum Gasteiger partial charge on any atom is 0.0230 e. The summed E-state index contributed by atoms with van der Waals surface area (Å²) >= 11 is 0. The van der Waals surface area contributed by atoms with Crippen LogP contribution in [0.3, 0.4) is 0 Å². The van der Waals surface area contributed by atoms with Crippen LogP contribution in [0.4, 0.5) is 0 Å². The number of allylic oxidation sites excluding steroid dienone is 2. The Morgan fingerprint density at radius 2 is 1.75 bits per heavy atom. The molecule has 1 saturated carbocycles. The predicted molar refractivity (Wildman–Crippen MR) is 102 cm³/mol. The second-order valence-electron chi connectivity index (χ2n) is 8.91. The monoisotopic (exact) mass is 328 g/mol. The molecule has 0 radical (unpaired) electrons. The smallest absolute Gasteiger partial charge is 0.0230 e. The maximum absolute atomic E-state index is 2.96. The molecular formula is C22H36N2. The molecule has 0 aromatic rings. The molecule has 2 saturated heterocycles. The SMILES string of the molecule is CCCC1(N2CC3CN(CC4=CCCC=C4)CC3C2)CCCCC1. The Bertz CT molecular complexity index is 467. The molecular weight excluding hydrogens is 292 g/mol. The zero-order valence-corrected chi connectivity index (χ0v) is 15.7. The average Bonchev–Trinajstić information content (AvgIpc) is 3.16. The zero-order chi connectivity index (χ0) is 16.4. The summed E-state index contributed by atoms with van der Waals surface area (Å²) in [6.07, 6.45) is 19.8. The van der Waals surface area contributed by atoms with E-state index in [-0.39, 0.29) is 0 Å². The van der Waals surface area contributed by atoms with Gasteiger partial charge in [0.25, 0.3) is 0 Å². The third kappa shape index (κ3) is 3.37. The third-order valence-corrected chi connectivity index (χ3v) is 7.21. The summed E-state index contributed by atoms with van der Waals surface area (Å²) in [6.45, 7) is 9.04. The van der Waals surface area contributed by atoms with Gasteiger partial charge in [-0.05, 0) is 49.5 Å². The summed E-state index contributed by atoms with van der Waals surface area (Å²) < 4.78 is 0. The fourth-order valence-corrected chi connectivity index (χ4v) is 6.05. The lowest BCUT2D eigenvalue weighted by Crippen LogP contribution is -2.50. The van der Waals surface area contributed by atoms with Gasteiger partial charge in [0.05, 0.1) is 0 Å². The first-order valence-corrected chi connectivity index (χ1v) is 10.6. The lowest BCUT2D eigenvalue weighted by Gasteiger charge is -2.45. The Balaban J connectivity index is 1.35. The normalized spacial score (nSPS) is 33.6. The maximum atomic E-state index is 2.96. The van der Waals surface area contributed by atoms with Gasteiger partial charge in [0.1, 0.15) is 0 Å². The van der Waals surface area contributed by atoms with Gasteiger partial charge in [0.2, 0.25) is 0 Å². The van der Waals surface area contributed by atoms with Crippen LogP contribution in [0.1, 0.15) is 64.7 Å². The number of rotatable bonds is 5. The second-order valence-corrected chi connectivity index (χ2v) is 8.91. The molecule has 0 spiro atoms. The largest absolute Gasteiger partial charge is 0.298 e. The molecule has 2 heterocycles. The lowest BCUT2D eigenvalue weighted by atomic mass is 9.77. The van der Waals surface area contributed by atoms with E-state index in [1.807, 2.05) is 0 Å². The van der Waals surface area contributed by atoms with Crippen molar-refractivity contribution in [2.45, 2.75) is 70.3 Å². The molecule has 3 fully saturated rings. The van der Waals surface area contributed by atoms with Crippen LogP contribution in [-0.4, -0.2) is 48.1 Å². The Morgan fingerprint density at radius 1 is 1.00 bits per heavy atom. The predicted octanol–water partition coefficient (Wildman–Crippen LogP) is 4.63. The average molecular weight is 329 g/mol. The standard InChI is InChI=1S/C22H36N2/c1-2-11-22(12-7-4-8-13-22)24-17-20-15-23(16-21(20)18-24)14-19-9-5-3-6-10-19/h5,9-10,20-21H,2-4,6-8,11-18H2,1H3. The van der Waals surface area contributed by atoms with Crippen LogP contribution in [-0.2, 0) is 0 Å². The van der Waals surface area contributed by atoms with Crippen LogP contribution in [0.5, 0.6) is 0 Å². The van der Waals surface area contributed by atoms with Gasteiger partial charge in [-0.1, -0.05) is 50.8 Å². The molecule has 2 aliphatic carbocycles. The number of hydrogen-bond donors (Lipinski definition) is 0. The molecule has 24 heavy (non-hydrogen) atoms. The minimum atomic E-state index is 0.580. The second kappa shape index (κ2) is 7.33. The van der Waals surface area contributed by atoms with Crippen molar-refractivity contribution in [3.8, 4) is 0 Å². The van der Waals surface area contributed by atoms with Gasteiger partial charge >= 0.3 is 0 Å². The van der Waals surface area contributed by atoms with Crippen molar-refractivity contribution in [1.82, 2.24) is 9.80 Å². The molecule has 0 N–H and O–H groups in total. The Labute approximate surface area is 149 Å². The van der Waals surface area contributed by atoms with Gasteiger partial charge in [0, 0.05) is 38.3 Å². The third-order valence-electron chi connectivity index (χ3n) is 7.21. The van der Waals surface area contributed by atoms with E-state index < -0.39 is 0 Å². The van der Waals surface area contributed by atoms with Gasteiger partial charge < -0.3 is 0 Å². The molecule has 4 rings (SSSR count). The van der Waals surface area contributed by atoms with E-state index in [1.165, 1.54) is 90.5 Å². The van der Waals surface area contributed by atoms with Gasteiger partial charge in [-0.15, -0.1) is 0 Å². The molecule has 2 unspecified atom stereocenters. The van der Waals surface area contributed by atoms with Crippen LogP contribution in [0.2, 0.25) is 0 Å². The molecule has 0 amide bonds. The first kappa shape index (κ1) is 16.8. The van der Waals surface area contributed by atoms with E-state index in [1.54, 1.807) is 5.57 Å². The summed E-state index contributed by atoms with van der Waals surface area (Å²) in [7, 11) is 0. The minimum absolute atomic E-state index is 0.580. The number of nitrogens with zero attached hydrogens (tertiary/aromatic N) is 2. The number of likely N-dealkylation sites (tertiary alicyclic amines) is 2. The summed E-state index contributed by atoms with van der Waals surface area (Å²) in [5.74, 6) is 1.88. The number of hydrogen-bond acceptors (Lipinski definition) is 2. The highest BCUT2D eigenvalue weighted by Crippen LogP contribution is 2.43. The van der Waals surface area contributed by atoms with Crippen LogP contribution < -0.4 is 0 Å². The summed E-state index contributed by atoms with van der Waals surface area (Å²) in [5.41, 5.74) is 2.14. The van der Waals surface area contributed by atoms with E-state index >= 15 is 0 Å². The van der Waals surface area contributed by atoms with Crippen LogP contribution in [0.15, 0.2) is 23.8 Å². The fourth-order valence-electron chi connectivity index (χ4n) is 6.05. The molecule has 2 aliphatic heterocycles. The van der Waals surface area contributed by atoms with E-state index in [0.717, 1.165) is 11.8 Å². The summed E-state index contributed by atoms with van der Waals surface area (Å²) in [4.78, 5) is 5.70. The van der Waals surface area contributed by atoms with Gasteiger partial charge in [-0.3, -0.25) is 9.80 Å². The van der Waals surface area contributed by atoms with Crippen molar-refractivity contribution in [1.29, 1.82) is 0 Å². The van der Waals surface area contributed by atoms with Crippen molar-refractivity contribution >= 4 is 0 Å². The molecule has 0 aromatic carbocycles. The van der Waals surface area contributed by atoms with E-state index in [0.29, 0.717) is 5.54 Å². The van der Waals surface area contributed by atoms with Gasteiger partial charge in [-0.25, -0.2) is 0 Å². The van der Waals surface area contributed by atoms with E-state index in [9.17, 15) is 0 Å². The molecule has 2 heteroatoms. The Kier molecular flexibility index (Phi) is 5.15. The molecule has 134 valence electrons. The van der Waals surface area contributed by atoms with Gasteiger partial charge in [-0.2, -0.15) is 0 Å². The first-order chi connectivity index (χ1) is 11.8. The van der Waals surface area contributed by atoms with Crippen LogP contribution in [0, 0.1) is 11.8 Å². The Hall–Kier alpha value is -0.600. The summed E-state index contributed by atoms with van der Waals surface area (Å²) in [6, 6.07) is 0. The number of fused-ring (bicyclic) bond motifs is 1. The molecule has 2 nitrogen and oxygen atoms in total. The van der Waals surface area contributed by atoms with Gasteiger partial charge in [0.15, 0.2) is 0 Å². The highest BCUT2D eigenvalue weighted by molar-refractivity contribution is 5.24. The van der Waals surface area contributed by atoms with E-state index in [2.05, 4.69) is 35.0 Å². The highest BCUT2D eigenvalue weighted by atomic mass is 15.3. The zero-order valence-electron chi connectivity index (χ0n) is 15.7. The lowest BCUT2D eigenvalue weighted by molar-refractivity contribution is 0.0527. The fraction of sp³-hybridized carbons (Fsp3) is 0.818. The van der Waals surface area contributed by atoms with Crippen LogP contribution >= 0.6 is 0 Å². The first-order valence-electron chi connectivity index (χ1n) is 10.6. The van der Waals surface area contributed by atoms with Crippen molar-refractivity contribution in [2.24, 2.45) is 11.8 Å². The molecule has 2 atom stereocenters. The van der Waals surface area contributed by atoms with Crippen molar-refractivity contribution < 1.29 is 0 Å². The molecule has 0 bridgehead atoms. The van der Waals surface area contributed by atoms with E-state index in [4.69, 9.17) is 0 Å². The minimum Gasteiger partial charge on any atom is -0.298 e. The highest BCUT2D eigenvalue weighted by Gasteiger charge is 2.47. The van der Waals surface area contributed by atoms with Crippen LogP contribution in [0.25, 0.3) is 0 Å². The quantitative estimate of drug-likeness (QED) is 0.726. The molecule has 4 aliphatic rings. The van der Waals surface area contributed by atoms with Crippen molar-refractivity contribution in [3.63, 3.8) is 0 Å².